The lowest BCUT2D eigenvalue weighted by Crippen LogP contribution is -2.47. The SMILES string of the molecule is CC(C)(C)OC(=O)NC(=NCC[C@H](CC(=O)OCc1ccccc1)C(=O)O)NC(=O)OC(C)(C)C. The fourth-order valence-corrected chi connectivity index (χ4v) is 2.55. The summed E-state index contributed by atoms with van der Waals surface area (Å²) in [7, 11) is 0. The molecule has 1 aromatic carbocycles. The maximum Gasteiger partial charge on any atom is 0.414 e. The normalized spacial score (nSPS) is 12.1. The molecule has 0 saturated carbocycles. The number of esters is 1. The number of nitrogens with one attached hydrogen (secondary N) is 2. The molecule has 0 fully saturated rings. The Hall–Kier alpha value is -3.63. The zero-order valence-corrected chi connectivity index (χ0v) is 21.0. The highest BCUT2D eigenvalue weighted by Crippen LogP contribution is 2.12. The van der Waals surface area contributed by atoms with Gasteiger partial charge in [-0.3, -0.25) is 25.2 Å². The van der Waals surface area contributed by atoms with Crippen molar-refractivity contribution in [2.24, 2.45) is 10.9 Å². The highest BCUT2D eigenvalue weighted by molar-refractivity contribution is 6.01. The second kappa shape index (κ2) is 13.3. The molecule has 0 aliphatic heterocycles. The Morgan fingerprint density at radius 3 is 1.89 bits per heavy atom. The van der Waals surface area contributed by atoms with Crippen molar-refractivity contribution < 1.29 is 38.5 Å². The Morgan fingerprint density at radius 2 is 1.43 bits per heavy atom. The molecule has 0 radical (unpaired) electrons. The minimum absolute atomic E-state index is 0.0356. The van der Waals surface area contributed by atoms with Gasteiger partial charge in [0.2, 0.25) is 5.96 Å². The predicted molar refractivity (Wildman–Crippen MR) is 128 cm³/mol. The van der Waals surface area contributed by atoms with Gasteiger partial charge in [-0.1, -0.05) is 30.3 Å². The Morgan fingerprint density at radius 1 is 0.914 bits per heavy atom. The summed E-state index contributed by atoms with van der Waals surface area (Å²) in [5, 5.41) is 14.1. The number of hydrogen-bond donors (Lipinski definition) is 3. The number of amides is 2. The topological polar surface area (TPSA) is 153 Å². The number of nitrogens with zero attached hydrogens (tertiary/aromatic N) is 1. The third-order valence-corrected chi connectivity index (χ3v) is 3.99. The molecule has 1 rings (SSSR count). The summed E-state index contributed by atoms with van der Waals surface area (Å²) < 4.78 is 15.5. The largest absolute Gasteiger partial charge is 0.481 e. The summed E-state index contributed by atoms with van der Waals surface area (Å²) in [6.07, 6.45) is -2.14. The van der Waals surface area contributed by atoms with Crippen LogP contribution in [0.25, 0.3) is 0 Å². The highest BCUT2D eigenvalue weighted by Gasteiger charge is 2.24. The van der Waals surface area contributed by atoms with E-state index in [2.05, 4.69) is 15.6 Å². The number of carboxylic acids is 1. The molecular weight excluding hydrogens is 458 g/mol. The number of carbonyl (C=O) groups excluding carboxylic acids is 3. The van der Waals surface area contributed by atoms with Gasteiger partial charge in [0, 0.05) is 6.54 Å². The van der Waals surface area contributed by atoms with E-state index in [0.29, 0.717) is 0 Å². The molecule has 0 aliphatic rings. The third kappa shape index (κ3) is 14.3. The van der Waals surface area contributed by atoms with Crippen LogP contribution in [-0.2, 0) is 30.4 Å². The van der Waals surface area contributed by atoms with Crippen molar-refractivity contribution in [3.63, 3.8) is 0 Å². The Bertz CT molecular complexity index is 870. The van der Waals surface area contributed by atoms with Crippen LogP contribution >= 0.6 is 0 Å². The van der Waals surface area contributed by atoms with E-state index in [1.54, 1.807) is 65.8 Å². The van der Waals surface area contributed by atoms with Crippen molar-refractivity contribution in [1.29, 1.82) is 0 Å². The maximum atomic E-state index is 12.1. The fourth-order valence-electron chi connectivity index (χ4n) is 2.55. The van der Waals surface area contributed by atoms with E-state index in [0.717, 1.165) is 5.56 Å². The van der Waals surface area contributed by atoms with Crippen molar-refractivity contribution >= 4 is 30.1 Å². The van der Waals surface area contributed by atoms with Crippen molar-refractivity contribution in [2.75, 3.05) is 6.54 Å². The number of carboxylic acid groups (broad SMARTS) is 1. The average Bonchev–Trinajstić information content (AvgIpc) is 2.69. The lowest BCUT2D eigenvalue weighted by Gasteiger charge is -2.22. The number of rotatable bonds is 8. The minimum atomic E-state index is -1.20. The molecule has 194 valence electrons. The molecular formula is C24H35N3O8. The van der Waals surface area contributed by atoms with Crippen molar-refractivity contribution in [2.45, 2.75) is 72.2 Å². The van der Waals surface area contributed by atoms with Gasteiger partial charge < -0.3 is 19.3 Å². The molecule has 2 amide bonds. The van der Waals surface area contributed by atoms with Gasteiger partial charge in [0.05, 0.1) is 12.3 Å². The van der Waals surface area contributed by atoms with E-state index < -0.39 is 41.2 Å². The summed E-state index contributed by atoms with van der Waals surface area (Å²) in [5.74, 6) is -3.21. The second-order valence-electron chi connectivity index (χ2n) is 9.66. The van der Waals surface area contributed by atoms with Crippen molar-refractivity contribution in [3.8, 4) is 0 Å². The number of aliphatic imine (C=N–C) groups is 1. The number of ether oxygens (including phenoxy) is 3. The molecule has 1 aromatic rings. The minimum Gasteiger partial charge on any atom is -0.481 e. The van der Waals surface area contributed by atoms with Crippen molar-refractivity contribution in [1.82, 2.24) is 10.6 Å². The molecule has 0 aromatic heterocycles. The van der Waals surface area contributed by atoms with E-state index >= 15 is 0 Å². The van der Waals surface area contributed by atoms with E-state index in [9.17, 15) is 24.3 Å². The fraction of sp³-hybridized carbons (Fsp3) is 0.542. The first-order chi connectivity index (χ1) is 16.1. The first-order valence-electron chi connectivity index (χ1n) is 11.1. The van der Waals surface area contributed by atoms with Crippen LogP contribution in [0, 0.1) is 5.92 Å². The number of guanidine groups is 1. The van der Waals surface area contributed by atoms with Crippen LogP contribution in [0.5, 0.6) is 0 Å². The van der Waals surface area contributed by atoms with Crippen LogP contribution in [0.15, 0.2) is 35.3 Å². The summed E-state index contributed by atoms with van der Waals surface area (Å²) in [6.45, 7) is 9.91. The second-order valence-corrected chi connectivity index (χ2v) is 9.66. The highest BCUT2D eigenvalue weighted by atomic mass is 16.6. The molecule has 0 aliphatic carbocycles. The molecule has 11 nitrogen and oxygen atoms in total. The van der Waals surface area contributed by atoms with Crippen LogP contribution in [0.2, 0.25) is 0 Å². The van der Waals surface area contributed by atoms with Gasteiger partial charge in [-0.15, -0.1) is 0 Å². The molecule has 0 saturated heterocycles. The number of alkyl carbamates (subject to hydrolysis) is 2. The summed E-state index contributed by atoms with van der Waals surface area (Å²) >= 11 is 0. The predicted octanol–water partition coefficient (Wildman–Crippen LogP) is 3.62. The molecule has 0 spiro atoms. The summed E-state index contributed by atoms with van der Waals surface area (Å²) in [4.78, 5) is 52.0. The Balaban J connectivity index is 2.77. The maximum absolute atomic E-state index is 12.1. The molecule has 0 bridgehead atoms. The van der Waals surface area contributed by atoms with Crippen LogP contribution in [0.1, 0.15) is 59.9 Å². The van der Waals surface area contributed by atoms with E-state index in [1.807, 2.05) is 6.07 Å². The standard InChI is InChI=1S/C24H35N3O8/c1-23(2,3)34-21(31)26-20(27-22(32)35-24(4,5)6)25-13-12-17(19(29)30)14-18(28)33-15-16-10-8-7-9-11-16/h7-11,17H,12-15H2,1-6H3,(H,29,30)(H2,25,26,27,31,32)/t17-/m1/s1. The summed E-state index contributed by atoms with van der Waals surface area (Å²) in [5.41, 5.74) is -0.811. The van der Waals surface area contributed by atoms with Gasteiger partial charge in [-0.25, -0.2) is 9.59 Å². The van der Waals surface area contributed by atoms with E-state index in [-0.39, 0.29) is 32.0 Å². The molecule has 0 heterocycles. The lowest BCUT2D eigenvalue weighted by atomic mass is 10.0. The van der Waals surface area contributed by atoms with Crippen LogP contribution in [0.3, 0.4) is 0 Å². The number of aliphatic carboxylic acids is 1. The Labute approximate surface area is 205 Å². The van der Waals surface area contributed by atoms with Crippen LogP contribution in [0.4, 0.5) is 9.59 Å². The van der Waals surface area contributed by atoms with Gasteiger partial charge in [0.1, 0.15) is 17.8 Å². The average molecular weight is 494 g/mol. The van der Waals surface area contributed by atoms with Gasteiger partial charge in [0.25, 0.3) is 0 Å². The first kappa shape index (κ1) is 29.4. The molecule has 0 unspecified atom stereocenters. The van der Waals surface area contributed by atoms with Crippen LogP contribution < -0.4 is 10.6 Å². The zero-order valence-electron chi connectivity index (χ0n) is 21.0. The van der Waals surface area contributed by atoms with Crippen molar-refractivity contribution in [3.05, 3.63) is 35.9 Å². The Kier molecular flexibility index (Phi) is 11.2. The molecule has 3 N–H and O–H groups in total. The molecule has 11 heteroatoms. The van der Waals surface area contributed by atoms with E-state index in [1.165, 1.54) is 0 Å². The molecule has 1 atom stereocenters. The lowest BCUT2D eigenvalue weighted by molar-refractivity contribution is -0.152. The van der Waals surface area contributed by atoms with Crippen LogP contribution in [-0.4, -0.2) is 52.9 Å². The van der Waals surface area contributed by atoms with E-state index in [4.69, 9.17) is 14.2 Å². The van der Waals surface area contributed by atoms with Gasteiger partial charge in [-0.05, 0) is 53.5 Å². The first-order valence-corrected chi connectivity index (χ1v) is 11.1. The number of benzene rings is 1. The molecule has 35 heavy (non-hydrogen) atoms. The van der Waals surface area contributed by atoms with Gasteiger partial charge >= 0.3 is 24.1 Å². The monoisotopic (exact) mass is 493 g/mol. The third-order valence-electron chi connectivity index (χ3n) is 3.99. The number of carbonyl (C=O) groups is 4. The quantitative estimate of drug-likeness (QED) is 0.215. The number of hydrogen-bond acceptors (Lipinski definition) is 8. The zero-order chi connectivity index (χ0) is 26.6. The van der Waals surface area contributed by atoms with Gasteiger partial charge in [0.15, 0.2) is 0 Å². The smallest absolute Gasteiger partial charge is 0.414 e. The van der Waals surface area contributed by atoms with Gasteiger partial charge in [-0.2, -0.15) is 0 Å². The summed E-state index contributed by atoms with van der Waals surface area (Å²) in [6, 6.07) is 9.00.